The number of amides is 1. The molecule has 94 valence electrons. The molecule has 2 heterocycles. The van der Waals surface area contributed by atoms with Gasteiger partial charge in [-0.05, 0) is 37.6 Å². The van der Waals surface area contributed by atoms with E-state index >= 15 is 0 Å². The van der Waals surface area contributed by atoms with Crippen molar-refractivity contribution in [3.05, 3.63) is 24.6 Å². The van der Waals surface area contributed by atoms with Crippen molar-refractivity contribution in [1.29, 1.82) is 0 Å². The number of fused-ring (bicyclic) bond motifs is 1. The minimum Gasteiger partial charge on any atom is -0.443 e. The molecule has 2 N–H and O–H groups in total. The van der Waals surface area contributed by atoms with Crippen molar-refractivity contribution in [2.75, 3.05) is 18.4 Å². The Bertz CT molecular complexity index is 558. The number of oxazole rings is 1. The maximum Gasteiger partial charge on any atom is 0.224 e. The average Bonchev–Trinajstić information content (AvgIpc) is 2.98. The predicted molar refractivity (Wildman–Crippen MR) is 68.2 cm³/mol. The summed E-state index contributed by atoms with van der Waals surface area (Å²) in [5.74, 6) is 0.515. The zero-order chi connectivity index (χ0) is 12.4. The number of carbonyl (C=O) groups excluding carboxylic acids is 1. The van der Waals surface area contributed by atoms with E-state index in [0.29, 0.717) is 17.9 Å². The second-order valence-corrected chi connectivity index (χ2v) is 4.65. The zero-order valence-corrected chi connectivity index (χ0v) is 9.98. The summed E-state index contributed by atoms with van der Waals surface area (Å²) in [6.07, 6.45) is 3.05. The van der Waals surface area contributed by atoms with Crippen LogP contribution in [0, 0.1) is 5.92 Å². The van der Waals surface area contributed by atoms with E-state index in [-0.39, 0.29) is 5.91 Å². The third kappa shape index (κ3) is 2.36. The second-order valence-electron chi connectivity index (χ2n) is 4.65. The van der Waals surface area contributed by atoms with Gasteiger partial charge in [0.15, 0.2) is 12.0 Å². The van der Waals surface area contributed by atoms with Crippen molar-refractivity contribution in [1.82, 2.24) is 10.3 Å². The van der Waals surface area contributed by atoms with E-state index in [2.05, 4.69) is 15.6 Å². The van der Waals surface area contributed by atoms with E-state index in [9.17, 15) is 4.79 Å². The molecule has 1 atom stereocenters. The summed E-state index contributed by atoms with van der Waals surface area (Å²) in [6.45, 7) is 1.95. The van der Waals surface area contributed by atoms with Crippen LogP contribution in [-0.2, 0) is 4.79 Å². The van der Waals surface area contributed by atoms with E-state index < -0.39 is 0 Å². The minimum atomic E-state index is 0.0579. The van der Waals surface area contributed by atoms with Crippen molar-refractivity contribution >= 4 is 22.7 Å². The molecule has 2 aromatic rings. The van der Waals surface area contributed by atoms with Gasteiger partial charge in [-0.3, -0.25) is 4.79 Å². The maximum absolute atomic E-state index is 11.9. The molecular formula is C13H15N3O2. The zero-order valence-electron chi connectivity index (χ0n) is 9.98. The molecule has 0 radical (unpaired) electrons. The predicted octanol–water partition coefficient (Wildman–Crippen LogP) is 1.77. The summed E-state index contributed by atoms with van der Waals surface area (Å²) in [5, 5.41) is 6.16. The number of carbonyl (C=O) groups is 1. The molecule has 0 spiro atoms. The first-order chi connectivity index (χ1) is 8.81. The van der Waals surface area contributed by atoms with Crippen LogP contribution in [0.25, 0.3) is 11.1 Å². The van der Waals surface area contributed by atoms with Gasteiger partial charge in [0.1, 0.15) is 5.52 Å². The summed E-state index contributed by atoms with van der Waals surface area (Å²) >= 11 is 0. The van der Waals surface area contributed by atoms with Crippen molar-refractivity contribution in [2.45, 2.75) is 12.8 Å². The van der Waals surface area contributed by atoms with Gasteiger partial charge in [-0.2, -0.15) is 0 Å². The molecule has 3 rings (SSSR count). The van der Waals surface area contributed by atoms with E-state index in [4.69, 9.17) is 4.42 Å². The maximum atomic E-state index is 11.9. The Morgan fingerprint density at radius 3 is 3.33 bits per heavy atom. The van der Waals surface area contributed by atoms with Crippen LogP contribution in [0.15, 0.2) is 29.0 Å². The Balaban J connectivity index is 1.65. The molecule has 5 heteroatoms. The van der Waals surface area contributed by atoms with Crippen LogP contribution in [0.2, 0.25) is 0 Å². The highest BCUT2D eigenvalue weighted by molar-refractivity contribution is 5.92. The van der Waals surface area contributed by atoms with Gasteiger partial charge in [-0.15, -0.1) is 0 Å². The van der Waals surface area contributed by atoms with Crippen molar-refractivity contribution in [3.8, 4) is 0 Å². The van der Waals surface area contributed by atoms with Crippen LogP contribution in [-0.4, -0.2) is 24.0 Å². The largest absolute Gasteiger partial charge is 0.443 e. The van der Waals surface area contributed by atoms with Gasteiger partial charge in [0.05, 0.1) is 0 Å². The van der Waals surface area contributed by atoms with Crippen LogP contribution in [0.5, 0.6) is 0 Å². The molecule has 0 saturated carbocycles. The summed E-state index contributed by atoms with van der Waals surface area (Å²) in [7, 11) is 0. The lowest BCUT2D eigenvalue weighted by Crippen LogP contribution is -2.18. The Kier molecular flexibility index (Phi) is 2.98. The van der Waals surface area contributed by atoms with Crippen LogP contribution < -0.4 is 10.6 Å². The monoisotopic (exact) mass is 245 g/mol. The van der Waals surface area contributed by atoms with Crippen molar-refractivity contribution in [3.63, 3.8) is 0 Å². The Hall–Kier alpha value is -1.88. The van der Waals surface area contributed by atoms with E-state index in [1.54, 1.807) is 6.07 Å². The van der Waals surface area contributed by atoms with Gasteiger partial charge >= 0.3 is 0 Å². The second kappa shape index (κ2) is 4.78. The summed E-state index contributed by atoms with van der Waals surface area (Å²) in [5.41, 5.74) is 2.25. The van der Waals surface area contributed by atoms with E-state index in [0.717, 1.165) is 30.7 Å². The highest BCUT2D eigenvalue weighted by atomic mass is 16.3. The van der Waals surface area contributed by atoms with Gasteiger partial charge in [0.25, 0.3) is 0 Å². The molecule has 1 saturated heterocycles. The SMILES string of the molecule is O=C(CC1CCNC1)Nc1ccc2ncoc2c1. The quantitative estimate of drug-likeness (QED) is 0.864. The third-order valence-corrected chi connectivity index (χ3v) is 3.25. The number of aromatic nitrogens is 1. The number of benzene rings is 1. The van der Waals surface area contributed by atoms with Crippen molar-refractivity contribution in [2.24, 2.45) is 5.92 Å². The van der Waals surface area contributed by atoms with Gasteiger partial charge in [0.2, 0.25) is 5.91 Å². The van der Waals surface area contributed by atoms with Gasteiger partial charge in [-0.25, -0.2) is 4.98 Å². The highest BCUT2D eigenvalue weighted by Gasteiger charge is 2.18. The molecule has 18 heavy (non-hydrogen) atoms. The molecule has 0 bridgehead atoms. The average molecular weight is 245 g/mol. The molecule has 1 aromatic heterocycles. The lowest BCUT2D eigenvalue weighted by Gasteiger charge is -2.08. The molecule has 1 unspecified atom stereocenters. The molecule has 1 fully saturated rings. The first-order valence-electron chi connectivity index (χ1n) is 6.15. The van der Waals surface area contributed by atoms with Crippen LogP contribution >= 0.6 is 0 Å². The fraction of sp³-hybridized carbons (Fsp3) is 0.385. The summed E-state index contributed by atoms with van der Waals surface area (Å²) in [4.78, 5) is 15.9. The molecule has 1 aromatic carbocycles. The number of rotatable bonds is 3. The number of anilines is 1. The van der Waals surface area contributed by atoms with Gasteiger partial charge in [0, 0.05) is 18.2 Å². The Morgan fingerprint density at radius 2 is 2.50 bits per heavy atom. The van der Waals surface area contributed by atoms with Crippen LogP contribution in [0.1, 0.15) is 12.8 Å². The molecule has 5 nitrogen and oxygen atoms in total. The first kappa shape index (κ1) is 11.2. The van der Waals surface area contributed by atoms with Gasteiger partial charge < -0.3 is 15.1 Å². The first-order valence-corrected chi connectivity index (χ1v) is 6.15. The van der Waals surface area contributed by atoms with E-state index in [1.807, 2.05) is 12.1 Å². The van der Waals surface area contributed by atoms with E-state index in [1.165, 1.54) is 6.39 Å². The van der Waals surface area contributed by atoms with Crippen LogP contribution in [0.3, 0.4) is 0 Å². The molecular weight excluding hydrogens is 230 g/mol. The molecule has 1 amide bonds. The lowest BCUT2D eigenvalue weighted by atomic mass is 10.0. The normalized spacial score (nSPS) is 19.2. The number of nitrogens with zero attached hydrogens (tertiary/aromatic N) is 1. The highest BCUT2D eigenvalue weighted by Crippen LogP contribution is 2.19. The van der Waals surface area contributed by atoms with Gasteiger partial charge in [-0.1, -0.05) is 0 Å². The summed E-state index contributed by atoms with van der Waals surface area (Å²) < 4.78 is 5.20. The number of hydrogen-bond donors (Lipinski definition) is 2. The molecule has 1 aliphatic heterocycles. The smallest absolute Gasteiger partial charge is 0.224 e. The number of nitrogens with one attached hydrogen (secondary N) is 2. The topological polar surface area (TPSA) is 67.2 Å². The lowest BCUT2D eigenvalue weighted by molar-refractivity contribution is -0.116. The Labute approximate surface area is 105 Å². The fourth-order valence-electron chi connectivity index (χ4n) is 2.30. The summed E-state index contributed by atoms with van der Waals surface area (Å²) in [6, 6.07) is 5.48. The Morgan fingerprint density at radius 1 is 1.56 bits per heavy atom. The molecule has 1 aliphatic rings. The standard InChI is InChI=1S/C13H15N3O2/c17-13(5-9-3-4-14-7-9)16-10-1-2-11-12(6-10)18-8-15-11/h1-2,6,8-9,14H,3-5,7H2,(H,16,17). The van der Waals surface area contributed by atoms with Crippen molar-refractivity contribution < 1.29 is 9.21 Å². The number of hydrogen-bond acceptors (Lipinski definition) is 4. The fourth-order valence-corrected chi connectivity index (χ4v) is 2.30. The van der Waals surface area contributed by atoms with Crippen LogP contribution in [0.4, 0.5) is 5.69 Å². The molecule has 0 aliphatic carbocycles. The third-order valence-electron chi connectivity index (χ3n) is 3.25. The minimum absolute atomic E-state index is 0.0579.